The minimum Gasteiger partial charge on any atom is -0.506 e. The number of unbranched alkanes of at least 4 members (excludes halogenated alkanes) is 1. The summed E-state index contributed by atoms with van der Waals surface area (Å²) in [6.45, 7) is 9.11. The van der Waals surface area contributed by atoms with Crippen LogP contribution < -0.4 is 0 Å². The highest BCUT2D eigenvalue weighted by atomic mass is 35.5. The molecular formula is C32H37ClN8O2. The topological polar surface area (TPSA) is 129 Å². The minimum absolute atomic E-state index is 0.0808. The Morgan fingerprint density at radius 2 is 1.79 bits per heavy atom. The first-order chi connectivity index (χ1) is 20.9. The molecule has 11 heteroatoms. The van der Waals surface area contributed by atoms with Gasteiger partial charge >= 0.3 is 0 Å². The second-order valence-electron chi connectivity index (χ2n) is 10.5. The molecular weight excluding hydrogens is 564 g/mol. The standard InChI is InChI=1S/C32H37ClN8O2/c1-4-7-13-27-35-31(33)29(30(43)28-26(42)17-22(18-34-28)19-40(5-2)6-3)41(27)20-21-14-15-24(23-11-9-8-10-12-23)25(16-21)32-36-38-39-37-32/h8-12,14-18,30,42-43H,4-7,13,19-20H2,1-3H3,(H,36,37,38,39). The minimum atomic E-state index is -1.28. The van der Waals surface area contributed by atoms with Crippen LogP contribution in [0.2, 0.25) is 5.15 Å². The lowest BCUT2D eigenvalue weighted by Crippen LogP contribution is -2.22. The Balaban J connectivity index is 1.53. The highest BCUT2D eigenvalue weighted by Crippen LogP contribution is 2.35. The average molecular weight is 601 g/mol. The number of benzene rings is 2. The molecule has 0 bridgehead atoms. The SMILES string of the molecule is CCCCc1nc(Cl)c(C(O)c2ncc(CN(CC)CC)cc2O)n1Cc1ccc(-c2ccccc2)c(-c2nn[nH]n2)c1. The summed E-state index contributed by atoms with van der Waals surface area (Å²) in [7, 11) is 0. The summed E-state index contributed by atoms with van der Waals surface area (Å²) in [6, 6.07) is 17.8. The van der Waals surface area contributed by atoms with E-state index in [1.54, 1.807) is 12.3 Å². The fourth-order valence-electron chi connectivity index (χ4n) is 5.28. The molecule has 5 rings (SSSR count). The zero-order valence-electron chi connectivity index (χ0n) is 24.7. The zero-order valence-corrected chi connectivity index (χ0v) is 25.5. The number of aromatic amines is 1. The number of hydrogen-bond acceptors (Lipinski definition) is 8. The first-order valence-corrected chi connectivity index (χ1v) is 15.1. The van der Waals surface area contributed by atoms with Gasteiger partial charge in [0.25, 0.3) is 0 Å². The van der Waals surface area contributed by atoms with Gasteiger partial charge in [-0.25, -0.2) is 4.98 Å². The van der Waals surface area contributed by atoms with E-state index in [-0.39, 0.29) is 16.6 Å². The summed E-state index contributed by atoms with van der Waals surface area (Å²) >= 11 is 6.71. The number of nitrogens with one attached hydrogen (secondary N) is 1. The number of hydrogen-bond donors (Lipinski definition) is 3. The maximum atomic E-state index is 11.6. The number of halogens is 1. The Morgan fingerprint density at radius 3 is 2.47 bits per heavy atom. The molecule has 1 atom stereocenters. The van der Waals surface area contributed by atoms with Crippen molar-refractivity contribution in [2.45, 2.75) is 59.2 Å². The summed E-state index contributed by atoms with van der Waals surface area (Å²) in [5.74, 6) is 1.16. The molecule has 0 saturated carbocycles. The normalized spacial score (nSPS) is 12.2. The van der Waals surface area contributed by atoms with Gasteiger partial charge in [-0.05, 0) is 59.1 Å². The van der Waals surface area contributed by atoms with Gasteiger partial charge in [-0.15, -0.1) is 10.2 Å². The van der Waals surface area contributed by atoms with Crippen LogP contribution in [0, 0.1) is 0 Å². The molecule has 5 aromatic rings. The lowest BCUT2D eigenvalue weighted by Gasteiger charge is -2.20. The molecule has 0 radical (unpaired) electrons. The number of rotatable bonds is 13. The fourth-order valence-corrected chi connectivity index (χ4v) is 5.59. The van der Waals surface area contributed by atoms with Crippen LogP contribution in [0.15, 0.2) is 60.8 Å². The number of nitrogens with zero attached hydrogens (tertiary/aromatic N) is 7. The van der Waals surface area contributed by atoms with Crippen LogP contribution in [0.5, 0.6) is 5.75 Å². The van der Waals surface area contributed by atoms with E-state index in [1.165, 1.54) is 0 Å². The van der Waals surface area contributed by atoms with Crippen molar-refractivity contribution in [2.75, 3.05) is 13.1 Å². The molecule has 10 nitrogen and oxygen atoms in total. The Morgan fingerprint density at radius 1 is 1.00 bits per heavy atom. The number of aromatic hydroxyl groups is 1. The third-order valence-electron chi connectivity index (χ3n) is 7.66. The number of tetrazole rings is 1. The monoisotopic (exact) mass is 600 g/mol. The molecule has 0 saturated heterocycles. The largest absolute Gasteiger partial charge is 0.506 e. The molecule has 0 aliphatic carbocycles. The third-order valence-corrected chi connectivity index (χ3v) is 7.94. The molecule has 3 aromatic heterocycles. The Hall–Kier alpha value is -4.12. The van der Waals surface area contributed by atoms with Gasteiger partial charge in [0, 0.05) is 31.3 Å². The van der Waals surface area contributed by atoms with Gasteiger partial charge in [-0.2, -0.15) is 5.21 Å². The predicted octanol–water partition coefficient (Wildman–Crippen LogP) is 5.80. The van der Waals surface area contributed by atoms with Crippen molar-refractivity contribution in [3.8, 4) is 28.3 Å². The van der Waals surface area contributed by atoms with Crippen LogP contribution >= 0.6 is 11.6 Å². The maximum absolute atomic E-state index is 11.6. The van der Waals surface area contributed by atoms with Crippen molar-refractivity contribution in [1.29, 1.82) is 0 Å². The molecule has 3 heterocycles. The number of aliphatic hydroxyl groups excluding tert-OH is 1. The van der Waals surface area contributed by atoms with Crippen LogP contribution in [0.25, 0.3) is 22.5 Å². The van der Waals surface area contributed by atoms with Crippen molar-refractivity contribution in [1.82, 2.24) is 40.1 Å². The van der Waals surface area contributed by atoms with Gasteiger partial charge in [0.1, 0.15) is 23.4 Å². The molecule has 2 aromatic carbocycles. The number of H-pyrrole nitrogens is 1. The van der Waals surface area contributed by atoms with Crippen molar-refractivity contribution >= 4 is 11.6 Å². The summed E-state index contributed by atoms with van der Waals surface area (Å²) in [5.41, 5.74) is 5.16. The van der Waals surface area contributed by atoms with Gasteiger partial charge in [0.05, 0.1) is 5.69 Å². The highest BCUT2D eigenvalue weighted by molar-refractivity contribution is 6.30. The van der Waals surface area contributed by atoms with Crippen molar-refractivity contribution in [3.05, 3.63) is 94.3 Å². The van der Waals surface area contributed by atoms with Crippen LogP contribution in [0.4, 0.5) is 0 Å². The predicted molar refractivity (Wildman–Crippen MR) is 167 cm³/mol. The Bertz CT molecular complexity index is 1640. The quantitative estimate of drug-likeness (QED) is 0.155. The summed E-state index contributed by atoms with van der Waals surface area (Å²) in [5, 5.41) is 37.6. The summed E-state index contributed by atoms with van der Waals surface area (Å²) in [6.07, 6.45) is 2.99. The highest BCUT2D eigenvalue weighted by Gasteiger charge is 2.27. The van der Waals surface area contributed by atoms with Gasteiger partial charge in [-0.3, -0.25) is 9.88 Å². The number of aryl methyl sites for hydroxylation is 1. The smallest absolute Gasteiger partial charge is 0.205 e. The zero-order chi connectivity index (χ0) is 30.3. The Kier molecular flexibility index (Phi) is 9.81. The van der Waals surface area contributed by atoms with Crippen molar-refractivity contribution in [3.63, 3.8) is 0 Å². The molecule has 0 aliphatic heterocycles. The second-order valence-corrected chi connectivity index (χ2v) is 10.8. The fraction of sp³-hybridized carbons (Fsp3) is 0.344. The van der Waals surface area contributed by atoms with E-state index in [4.69, 9.17) is 11.6 Å². The molecule has 0 amide bonds. The van der Waals surface area contributed by atoms with Crippen LogP contribution in [0.1, 0.15) is 68.1 Å². The molecule has 1 unspecified atom stereocenters. The maximum Gasteiger partial charge on any atom is 0.205 e. The van der Waals surface area contributed by atoms with E-state index in [1.807, 2.05) is 53.1 Å². The van der Waals surface area contributed by atoms with E-state index in [0.717, 1.165) is 59.6 Å². The number of aliphatic hydroxyl groups is 1. The second kappa shape index (κ2) is 13.9. The van der Waals surface area contributed by atoms with Gasteiger partial charge in [0.2, 0.25) is 5.82 Å². The lowest BCUT2D eigenvalue weighted by molar-refractivity contribution is 0.200. The molecule has 0 fully saturated rings. The van der Waals surface area contributed by atoms with Crippen LogP contribution in [0.3, 0.4) is 0 Å². The summed E-state index contributed by atoms with van der Waals surface area (Å²) in [4.78, 5) is 11.4. The van der Waals surface area contributed by atoms with Gasteiger partial charge in [-0.1, -0.05) is 81.3 Å². The molecule has 43 heavy (non-hydrogen) atoms. The molecule has 224 valence electrons. The Labute approximate surface area is 256 Å². The van der Waals surface area contributed by atoms with Gasteiger partial charge < -0.3 is 14.8 Å². The van der Waals surface area contributed by atoms with Crippen LogP contribution in [-0.4, -0.2) is 63.4 Å². The van der Waals surface area contributed by atoms with Crippen molar-refractivity contribution < 1.29 is 10.2 Å². The van der Waals surface area contributed by atoms with E-state index in [2.05, 4.69) is 56.3 Å². The van der Waals surface area contributed by atoms with E-state index >= 15 is 0 Å². The number of aromatic nitrogens is 7. The van der Waals surface area contributed by atoms with E-state index in [9.17, 15) is 10.2 Å². The molecule has 3 N–H and O–H groups in total. The molecule has 0 aliphatic rings. The van der Waals surface area contributed by atoms with Gasteiger partial charge in [0.15, 0.2) is 5.15 Å². The first kappa shape index (κ1) is 30.3. The number of pyridine rings is 1. The lowest BCUT2D eigenvalue weighted by atomic mass is 9.97. The van der Waals surface area contributed by atoms with Crippen LogP contribution in [-0.2, 0) is 19.5 Å². The average Bonchev–Trinajstić information content (AvgIpc) is 3.67. The molecule has 0 spiro atoms. The van der Waals surface area contributed by atoms with E-state index < -0.39 is 6.10 Å². The third kappa shape index (κ3) is 6.77. The van der Waals surface area contributed by atoms with Crippen molar-refractivity contribution in [2.24, 2.45) is 0 Å². The first-order valence-electron chi connectivity index (χ1n) is 14.7. The van der Waals surface area contributed by atoms with E-state index in [0.29, 0.717) is 31.0 Å². The summed E-state index contributed by atoms with van der Waals surface area (Å²) < 4.78 is 1.94. The number of imidazole rings is 1.